The molecule has 2 N–H and O–H groups in total. The normalized spacial score (nSPS) is 17.0. The Morgan fingerprint density at radius 2 is 2.29 bits per heavy atom. The first-order valence-corrected chi connectivity index (χ1v) is 6.27. The van der Waals surface area contributed by atoms with Gasteiger partial charge in [-0.05, 0) is 25.2 Å². The molecule has 0 spiro atoms. The number of aromatic amines is 1. The molecule has 0 amide bonds. The van der Waals surface area contributed by atoms with E-state index < -0.39 is 0 Å². The lowest BCUT2D eigenvalue weighted by Gasteiger charge is -2.26. The smallest absolute Gasteiger partial charge is 0.198 e. The molecule has 5 nitrogen and oxygen atoms in total. The lowest BCUT2D eigenvalue weighted by Crippen LogP contribution is -2.39. The minimum atomic E-state index is 0.527. The number of morpholine rings is 1. The van der Waals surface area contributed by atoms with Crippen molar-refractivity contribution < 1.29 is 4.74 Å². The van der Waals surface area contributed by atoms with Crippen LogP contribution in [0.15, 0.2) is 6.07 Å². The highest BCUT2D eigenvalue weighted by molar-refractivity contribution is 7.71. The molecule has 1 aliphatic heterocycles. The van der Waals surface area contributed by atoms with Crippen molar-refractivity contribution >= 4 is 18.0 Å². The number of hydrogen-bond donors (Lipinski definition) is 2. The fourth-order valence-corrected chi connectivity index (χ4v) is 2.10. The van der Waals surface area contributed by atoms with Crippen LogP contribution in [-0.4, -0.2) is 54.3 Å². The summed E-state index contributed by atoms with van der Waals surface area (Å²) < 4.78 is 5.83. The Labute approximate surface area is 106 Å². The maximum Gasteiger partial charge on any atom is 0.198 e. The van der Waals surface area contributed by atoms with Gasteiger partial charge in [0.25, 0.3) is 0 Å². The molecule has 0 saturated carbocycles. The van der Waals surface area contributed by atoms with Crippen LogP contribution in [0.2, 0.25) is 0 Å². The molecule has 17 heavy (non-hydrogen) atoms. The van der Waals surface area contributed by atoms with Crippen molar-refractivity contribution in [2.24, 2.45) is 0 Å². The van der Waals surface area contributed by atoms with Crippen molar-refractivity contribution in [1.29, 1.82) is 0 Å². The van der Waals surface area contributed by atoms with E-state index in [-0.39, 0.29) is 0 Å². The summed E-state index contributed by atoms with van der Waals surface area (Å²) in [5.74, 6) is 0.847. The predicted molar refractivity (Wildman–Crippen MR) is 69.9 cm³/mol. The number of hydrogen-bond acceptors (Lipinski definition) is 5. The second-order valence-corrected chi connectivity index (χ2v) is 4.52. The zero-order valence-electron chi connectivity index (χ0n) is 10.0. The molecule has 1 saturated heterocycles. The summed E-state index contributed by atoms with van der Waals surface area (Å²) in [6.07, 6.45) is 0. The molecule has 1 aliphatic rings. The minimum Gasteiger partial charge on any atom is -0.379 e. The third-order valence-corrected chi connectivity index (χ3v) is 2.91. The third-order valence-electron chi connectivity index (χ3n) is 2.72. The second-order valence-electron chi connectivity index (χ2n) is 4.14. The Morgan fingerprint density at radius 1 is 1.53 bits per heavy atom. The summed E-state index contributed by atoms with van der Waals surface area (Å²) in [7, 11) is 0. The van der Waals surface area contributed by atoms with Crippen molar-refractivity contribution in [1.82, 2.24) is 14.9 Å². The quantitative estimate of drug-likeness (QED) is 0.791. The van der Waals surface area contributed by atoms with Crippen LogP contribution in [0, 0.1) is 11.7 Å². The molecular weight excluding hydrogens is 236 g/mol. The summed E-state index contributed by atoms with van der Waals surface area (Å²) >= 11 is 5.03. The van der Waals surface area contributed by atoms with Gasteiger partial charge in [-0.25, -0.2) is 4.98 Å². The number of aryl methyl sites for hydroxylation is 1. The van der Waals surface area contributed by atoms with Gasteiger partial charge in [-0.15, -0.1) is 0 Å². The molecule has 2 heterocycles. The summed E-state index contributed by atoms with van der Waals surface area (Å²) in [5.41, 5.74) is 1.03. The number of ether oxygens (including phenoxy) is 1. The highest BCUT2D eigenvalue weighted by Gasteiger charge is 2.09. The van der Waals surface area contributed by atoms with Crippen LogP contribution in [0.5, 0.6) is 0 Å². The zero-order chi connectivity index (χ0) is 12.1. The lowest BCUT2D eigenvalue weighted by molar-refractivity contribution is 0.0398. The van der Waals surface area contributed by atoms with Crippen LogP contribution in [-0.2, 0) is 4.74 Å². The molecule has 0 unspecified atom stereocenters. The number of nitrogens with one attached hydrogen (secondary N) is 2. The monoisotopic (exact) mass is 254 g/mol. The van der Waals surface area contributed by atoms with Crippen molar-refractivity contribution in [2.45, 2.75) is 6.92 Å². The van der Waals surface area contributed by atoms with Gasteiger partial charge in [0.05, 0.1) is 13.2 Å². The molecule has 1 fully saturated rings. The predicted octanol–water partition coefficient (Wildman–Crippen LogP) is 1.19. The van der Waals surface area contributed by atoms with Gasteiger partial charge in [0, 0.05) is 31.9 Å². The number of rotatable bonds is 4. The van der Waals surface area contributed by atoms with Crippen molar-refractivity contribution in [3.8, 4) is 0 Å². The molecule has 0 atom stereocenters. The van der Waals surface area contributed by atoms with E-state index in [0.29, 0.717) is 4.77 Å². The van der Waals surface area contributed by atoms with E-state index in [1.165, 1.54) is 0 Å². The van der Waals surface area contributed by atoms with Crippen LogP contribution in [0.1, 0.15) is 5.69 Å². The first-order chi connectivity index (χ1) is 8.24. The van der Waals surface area contributed by atoms with Gasteiger partial charge >= 0.3 is 0 Å². The van der Waals surface area contributed by atoms with E-state index in [1.54, 1.807) is 0 Å². The molecule has 0 bridgehead atoms. The van der Waals surface area contributed by atoms with Crippen LogP contribution in [0.3, 0.4) is 0 Å². The highest BCUT2D eigenvalue weighted by atomic mass is 32.1. The van der Waals surface area contributed by atoms with E-state index in [1.807, 2.05) is 13.0 Å². The number of H-pyrrole nitrogens is 1. The molecular formula is C11H18N4OS. The maximum atomic E-state index is 5.30. The van der Waals surface area contributed by atoms with Gasteiger partial charge in [0.1, 0.15) is 5.82 Å². The first-order valence-electron chi connectivity index (χ1n) is 5.86. The standard InChI is InChI=1S/C11H18N4OS/c1-9-8-10(14-11(17)13-9)12-2-3-15-4-6-16-7-5-15/h8H,2-7H2,1H3,(H2,12,13,14,17). The fourth-order valence-electron chi connectivity index (χ4n) is 1.84. The van der Waals surface area contributed by atoms with E-state index in [2.05, 4.69) is 20.2 Å². The molecule has 1 aromatic heterocycles. The summed E-state index contributed by atoms with van der Waals surface area (Å²) in [4.78, 5) is 9.59. The van der Waals surface area contributed by atoms with Crippen LogP contribution < -0.4 is 5.32 Å². The maximum absolute atomic E-state index is 5.30. The van der Waals surface area contributed by atoms with Crippen molar-refractivity contribution in [2.75, 3.05) is 44.7 Å². The second kappa shape index (κ2) is 6.09. The summed E-state index contributed by atoms with van der Waals surface area (Å²) in [6, 6.07) is 1.97. The topological polar surface area (TPSA) is 53.2 Å². The summed E-state index contributed by atoms with van der Waals surface area (Å²) in [5, 5.41) is 3.29. The molecule has 0 aliphatic carbocycles. The molecule has 0 radical (unpaired) electrons. The van der Waals surface area contributed by atoms with Crippen molar-refractivity contribution in [3.63, 3.8) is 0 Å². The number of anilines is 1. The van der Waals surface area contributed by atoms with Crippen LogP contribution in [0.25, 0.3) is 0 Å². The lowest BCUT2D eigenvalue weighted by atomic mass is 10.4. The minimum absolute atomic E-state index is 0.527. The van der Waals surface area contributed by atoms with E-state index in [9.17, 15) is 0 Å². The van der Waals surface area contributed by atoms with Crippen LogP contribution in [0.4, 0.5) is 5.82 Å². The molecule has 0 aromatic carbocycles. The Bertz CT molecular complexity index is 414. The average molecular weight is 254 g/mol. The van der Waals surface area contributed by atoms with Gasteiger partial charge in [-0.2, -0.15) is 0 Å². The van der Waals surface area contributed by atoms with Gasteiger partial charge in [-0.3, -0.25) is 4.90 Å². The third kappa shape index (κ3) is 4.07. The number of aromatic nitrogens is 2. The Balaban J connectivity index is 1.79. The zero-order valence-corrected chi connectivity index (χ0v) is 10.8. The van der Waals surface area contributed by atoms with Gasteiger partial charge in [0.2, 0.25) is 0 Å². The van der Waals surface area contributed by atoms with E-state index >= 15 is 0 Å². The van der Waals surface area contributed by atoms with Gasteiger partial charge in [0.15, 0.2) is 4.77 Å². The van der Waals surface area contributed by atoms with Crippen LogP contribution >= 0.6 is 12.2 Å². The van der Waals surface area contributed by atoms with E-state index in [0.717, 1.165) is 50.9 Å². The van der Waals surface area contributed by atoms with E-state index in [4.69, 9.17) is 17.0 Å². The van der Waals surface area contributed by atoms with Crippen molar-refractivity contribution in [3.05, 3.63) is 16.5 Å². The Morgan fingerprint density at radius 3 is 3.00 bits per heavy atom. The molecule has 94 valence electrons. The Kier molecular flexibility index (Phi) is 4.47. The number of nitrogens with zero attached hydrogens (tertiary/aromatic N) is 2. The average Bonchev–Trinajstić information content (AvgIpc) is 2.29. The fraction of sp³-hybridized carbons (Fsp3) is 0.636. The molecule has 1 aromatic rings. The Hall–Kier alpha value is -0.980. The van der Waals surface area contributed by atoms with Gasteiger partial charge < -0.3 is 15.0 Å². The van der Waals surface area contributed by atoms with Gasteiger partial charge in [-0.1, -0.05) is 0 Å². The SMILES string of the molecule is Cc1cc(NCCN2CCOCC2)nc(=S)[nH]1. The first kappa shape index (κ1) is 12.5. The molecule has 2 rings (SSSR count). The summed E-state index contributed by atoms with van der Waals surface area (Å²) in [6.45, 7) is 7.58. The highest BCUT2D eigenvalue weighted by Crippen LogP contribution is 2.03. The molecule has 6 heteroatoms. The largest absolute Gasteiger partial charge is 0.379 e.